The van der Waals surface area contributed by atoms with E-state index in [4.69, 9.17) is 9.15 Å². The van der Waals surface area contributed by atoms with Crippen molar-refractivity contribution in [3.05, 3.63) is 22.7 Å². The van der Waals surface area contributed by atoms with Crippen molar-refractivity contribution in [1.82, 2.24) is 10.2 Å². The Morgan fingerprint density at radius 1 is 1.40 bits per heavy atom. The van der Waals surface area contributed by atoms with Crippen LogP contribution < -0.4 is 0 Å². The summed E-state index contributed by atoms with van der Waals surface area (Å²) in [6.07, 6.45) is 4.08. The highest BCUT2D eigenvalue weighted by molar-refractivity contribution is 7.08. The Kier molecular flexibility index (Phi) is 5.89. The van der Waals surface area contributed by atoms with E-state index in [9.17, 15) is 4.79 Å². The van der Waals surface area contributed by atoms with Crippen LogP contribution in [-0.4, -0.2) is 22.3 Å². The van der Waals surface area contributed by atoms with Crippen LogP contribution >= 0.6 is 11.3 Å². The number of aryl methyl sites for hydroxylation is 1. The molecule has 0 bridgehead atoms. The van der Waals surface area contributed by atoms with Crippen LogP contribution in [0.3, 0.4) is 0 Å². The van der Waals surface area contributed by atoms with E-state index in [-0.39, 0.29) is 18.5 Å². The number of ether oxygens (including phenoxy) is 1. The number of aromatic nitrogens is 2. The lowest BCUT2D eigenvalue weighted by molar-refractivity contribution is -0.156. The Morgan fingerprint density at radius 2 is 2.24 bits per heavy atom. The van der Waals surface area contributed by atoms with Gasteiger partial charge in [0.2, 0.25) is 11.8 Å². The highest BCUT2D eigenvalue weighted by Gasteiger charge is 2.33. The summed E-state index contributed by atoms with van der Waals surface area (Å²) in [6, 6.07) is 1.94. The van der Waals surface area contributed by atoms with Crippen LogP contribution in [0, 0.1) is 17.8 Å². The summed E-state index contributed by atoms with van der Waals surface area (Å²) in [6.45, 7) is 6.67. The number of thiophene rings is 1. The molecule has 0 aromatic carbocycles. The molecule has 2 heterocycles. The molecule has 6 heteroatoms. The first-order chi connectivity index (χ1) is 12.0. The molecule has 0 spiro atoms. The normalized spacial score (nSPS) is 23.8. The van der Waals surface area contributed by atoms with Gasteiger partial charge in [-0.25, -0.2) is 0 Å². The number of esters is 1. The SMILES string of the molecule is CC1CCC(C(C)C)C(OC(=O)CCc2nnc(-c3ccsc3)o2)C1. The lowest BCUT2D eigenvalue weighted by atomic mass is 9.75. The minimum absolute atomic E-state index is 0.0419. The third-order valence-electron chi connectivity index (χ3n) is 5.02. The van der Waals surface area contributed by atoms with Gasteiger partial charge in [0.05, 0.1) is 6.42 Å². The minimum atomic E-state index is -0.167. The van der Waals surface area contributed by atoms with E-state index < -0.39 is 0 Å². The van der Waals surface area contributed by atoms with E-state index in [2.05, 4.69) is 31.0 Å². The van der Waals surface area contributed by atoms with Crippen molar-refractivity contribution in [2.75, 3.05) is 0 Å². The van der Waals surface area contributed by atoms with Gasteiger partial charge in [-0.05, 0) is 42.0 Å². The van der Waals surface area contributed by atoms with Crippen molar-refractivity contribution in [3.8, 4) is 11.5 Å². The van der Waals surface area contributed by atoms with Crippen LogP contribution in [0.4, 0.5) is 0 Å². The van der Waals surface area contributed by atoms with Crippen molar-refractivity contribution in [1.29, 1.82) is 0 Å². The fourth-order valence-electron chi connectivity index (χ4n) is 3.54. The molecule has 3 atom stereocenters. The molecular formula is C19H26N2O3S. The summed E-state index contributed by atoms with van der Waals surface area (Å²) >= 11 is 1.58. The predicted molar refractivity (Wildman–Crippen MR) is 97.2 cm³/mol. The van der Waals surface area contributed by atoms with Gasteiger partial charge in [-0.1, -0.05) is 27.2 Å². The van der Waals surface area contributed by atoms with Crippen molar-refractivity contribution in [2.24, 2.45) is 17.8 Å². The smallest absolute Gasteiger partial charge is 0.306 e. The standard InChI is InChI=1S/C19H26N2O3S/c1-12(2)15-5-4-13(3)10-16(15)23-18(22)7-6-17-20-21-19(24-17)14-8-9-25-11-14/h8-9,11-13,15-16H,4-7,10H2,1-3H3. The molecule has 0 amide bonds. The summed E-state index contributed by atoms with van der Waals surface area (Å²) in [5, 5.41) is 12.0. The van der Waals surface area contributed by atoms with E-state index in [1.807, 2.05) is 16.8 Å². The Balaban J connectivity index is 1.52. The zero-order chi connectivity index (χ0) is 17.8. The van der Waals surface area contributed by atoms with Crippen molar-refractivity contribution < 1.29 is 13.9 Å². The molecule has 0 N–H and O–H groups in total. The second kappa shape index (κ2) is 8.13. The van der Waals surface area contributed by atoms with Crippen LogP contribution in [0.5, 0.6) is 0 Å². The molecule has 1 saturated carbocycles. The Hall–Kier alpha value is -1.69. The van der Waals surface area contributed by atoms with Crippen LogP contribution in [0.15, 0.2) is 21.2 Å². The molecular weight excluding hydrogens is 336 g/mol. The molecule has 0 aliphatic heterocycles. The van der Waals surface area contributed by atoms with E-state index in [1.165, 1.54) is 6.42 Å². The molecule has 5 nitrogen and oxygen atoms in total. The molecule has 136 valence electrons. The lowest BCUT2D eigenvalue weighted by Crippen LogP contribution is -2.35. The van der Waals surface area contributed by atoms with E-state index >= 15 is 0 Å². The van der Waals surface area contributed by atoms with E-state index in [1.54, 1.807) is 11.3 Å². The number of rotatable bonds is 6. The molecule has 2 aromatic rings. The third kappa shape index (κ3) is 4.69. The quantitative estimate of drug-likeness (QED) is 0.695. The molecule has 1 fully saturated rings. The van der Waals surface area contributed by atoms with Gasteiger partial charge in [-0.15, -0.1) is 10.2 Å². The fraction of sp³-hybridized carbons (Fsp3) is 0.632. The number of carbonyl (C=O) groups excluding carboxylic acids is 1. The molecule has 3 unspecified atom stereocenters. The van der Waals surface area contributed by atoms with Crippen molar-refractivity contribution in [2.45, 2.75) is 59.0 Å². The zero-order valence-electron chi connectivity index (χ0n) is 15.1. The fourth-order valence-corrected chi connectivity index (χ4v) is 4.17. The van der Waals surface area contributed by atoms with Gasteiger partial charge in [-0.2, -0.15) is 11.3 Å². The molecule has 2 aromatic heterocycles. The van der Waals surface area contributed by atoms with Crippen LogP contribution in [0.1, 0.15) is 52.3 Å². The molecule has 1 aliphatic rings. The van der Waals surface area contributed by atoms with Gasteiger partial charge in [0.15, 0.2) is 0 Å². The summed E-state index contributed by atoms with van der Waals surface area (Å²) < 4.78 is 11.4. The zero-order valence-corrected chi connectivity index (χ0v) is 15.9. The minimum Gasteiger partial charge on any atom is -0.462 e. The number of nitrogens with zero attached hydrogens (tertiary/aromatic N) is 2. The van der Waals surface area contributed by atoms with Gasteiger partial charge >= 0.3 is 5.97 Å². The maximum atomic E-state index is 12.3. The maximum Gasteiger partial charge on any atom is 0.306 e. The summed E-state index contributed by atoms with van der Waals surface area (Å²) in [5.74, 6) is 2.45. The molecule has 0 saturated heterocycles. The highest BCUT2D eigenvalue weighted by atomic mass is 32.1. The number of hydrogen-bond donors (Lipinski definition) is 0. The topological polar surface area (TPSA) is 65.2 Å². The molecule has 25 heavy (non-hydrogen) atoms. The average Bonchev–Trinajstić information content (AvgIpc) is 3.24. The van der Waals surface area contributed by atoms with Crippen LogP contribution in [0.2, 0.25) is 0 Å². The summed E-state index contributed by atoms with van der Waals surface area (Å²) in [7, 11) is 0. The lowest BCUT2D eigenvalue weighted by Gasteiger charge is -2.36. The van der Waals surface area contributed by atoms with Gasteiger partial charge in [0.25, 0.3) is 0 Å². The van der Waals surface area contributed by atoms with Gasteiger partial charge in [-0.3, -0.25) is 4.79 Å². The second-order valence-electron chi connectivity index (χ2n) is 7.37. The first kappa shape index (κ1) is 18.1. The van der Waals surface area contributed by atoms with Gasteiger partial charge in [0, 0.05) is 17.4 Å². The monoisotopic (exact) mass is 362 g/mol. The largest absolute Gasteiger partial charge is 0.462 e. The summed E-state index contributed by atoms with van der Waals surface area (Å²) in [5.41, 5.74) is 0.919. The number of hydrogen-bond acceptors (Lipinski definition) is 6. The Bertz CT molecular complexity index is 681. The maximum absolute atomic E-state index is 12.3. The van der Waals surface area contributed by atoms with Crippen molar-refractivity contribution >= 4 is 17.3 Å². The Morgan fingerprint density at radius 3 is 2.96 bits per heavy atom. The molecule has 0 radical (unpaired) electrons. The average molecular weight is 362 g/mol. The first-order valence-corrected chi connectivity index (χ1v) is 10.0. The third-order valence-corrected chi connectivity index (χ3v) is 5.71. The highest BCUT2D eigenvalue weighted by Crippen LogP contribution is 2.35. The van der Waals surface area contributed by atoms with Crippen molar-refractivity contribution in [3.63, 3.8) is 0 Å². The van der Waals surface area contributed by atoms with Gasteiger partial charge in [0.1, 0.15) is 6.10 Å². The predicted octanol–water partition coefficient (Wildman–Crippen LogP) is 4.73. The first-order valence-electron chi connectivity index (χ1n) is 9.07. The van der Waals surface area contributed by atoms with E-state index in [0.29, 0.717) is 36.0 Å². The van der Waals surface area contributed by atoms with Crippen LogP contribution in [-0.2, 0) is 16.0 Å². The molecule has 1 aliphatic carbocycles. The van der Waals surface area contributed by atoms with Gasteiger partial charge < -0.3 is 9.15 Å². The van der Waals surface area contributed by atoms with E-state index in [0.717, 1.165) is 18.4 Å². The summed E-state index contributed by atoms with van der Waals surface area (Å²) in [4.78, 5) is 12.3. The number of carbonyl (C=O) groups is 1. The van der Waals surface area contributed by atoms with Crippen LogP contribution in [0.25, 0.3) is 11.5 Å². The Labute approximate surface area is 152 Å². The second-order valence-corrected chi connectivity index (χ2v) is 8.15. The molecule has 3 rings (SSSR count).